The highest BCUT2D eigenvalue weighted by molar-refractivity contribution is 6.30. The first-order chi connectivity index (χ1) is 9.56. The molecule has 0 bridgehead atoms. The van der Waals surface area contributed by atoms with Crippen molar-refractivity contribution in [3.8, 4) is 6.07 Å². The van der Waals surface area contributed by atoms with Gasteiger partial charge in [-0.15, -0.1) is 0 Å². The summed E-state index contributed by atoms with van der Waals surface area (Å²) in [6, 6.07) is 9.51. The molecule has 0 atom stereocenters. The molecule has 0 aliphatic heterocycles. The van der Waals surface area contributed by atoms with Crippen LogP contribution in [-0.4, -0.2) is 17.0 Å². The molecule has 2 rings (SSSR count). The Hall–Kier alpha value is -2.12. The van der Waals surface area contributed by atoms with Gasteiger partial charge < -0.3 is 4.90 Å². The molecule has 5 heteroatoms. The van der Waals surface area contributed by atoms with E-state index in [0.29, 0.717) is 16.5 Å². The average molecular weight is 287 g/mol. The molecule has 2 aromatic rings. The lowest BCUT2D eigenvalue weighted by molar-refractivity contribution is 0.915. The van der Waals surface area contributed by atoms with Crippen molar-refractivity contribution in [1.82, 2.24) is 9.97 Å². The third-order valence-electron chi connectivity index (χ3n) is 3.10. The lowest BCUT2D eigenvalue weighted by Crippen LogP contribution is -2.15. The van der Waals surface area contributed by atoms with Gasteiger partial charge >= 0.3 is 0 Å². The molecule has 0 aliphatic carbocycles. The van der Waals surface area contributed by atoms with E-state index in [0.717, 1.165) is 23.5 Å². The number of hydrogen-bond acceptors (Lipinski definition) is 4. The maximum absolute atomic E-state index is 8.98. The number of nitriles is 1. The van der Waals surface area contributed by atoms with Crippen LogP contribution in [-0.2, 0) is 6.42 Å². The molecule has 0 radical (unpaired) electrons. The highest BCUT2D eigenvalue weighted by atomic mass is 35.5. The van der Waals surface area contributed by atoms with Gasteiger partial charge in [-0.25, -0.2) is 9.97 Å². The van der Waals surface area contributed by atoms with Gasteiger partial charge in [0, 0.05) is 24.7 Å². The fourth-order valence-electron chi connectivity index (χ4n) is 1.91. The Morgan fingerprint density at radius 1 is 1.35 bits per heavy atom. The second-order valence-corrected chi connectivity index (χ2v) is 4.81. The maximum Gasteiger partial charge on any atom is 0.140 e. The standard InChI is InChI=1S/C15H15ClN4/c1-4-13-18-14(16)10(2)15(19-13)20(3)12-7-5-6-11(8-12)9-17/h5-8H,4H2,1-3H3. The van der Waals surface area contributed by atoms with Gasteiger partial charge in [0.1, 0.15) is 16.8 Å². The Labute approximate surface area is 123 Å². The number of hydrogen-bond donors (Lipinski definition) is 0. The summed E-state index contributed by atoms with van der Waals surface area (Å²) in [7, 11) is 1.90. The zero-order valence-corrected chi connectivity index (χ0v) is 12.4. The Kier molecular flexibility index (Phi) is 4.21. The highest BCUT2D eigenvalue weighted by Gasteiger charge is 2.14. The summed E-state index contributed by atoms with van der Waals surface area (Å²) in [6.45, 7) is 3.88. The molecule has 0 saturated carbocycles. The van der Waals surface area contributed by atoms with Crippen molar-refractivity contribution in [3.05, 3.63) is 46.4 Å². The van der Waals surface area contributed by atoms with Crippen LogP contribution >= 0.6 is 11.6 Å². The van der Waals surface area contributed by atoms with E-state index < -0.39 is 0 Å². The monoisotopic (exact) mass is 286 g/mol. The van der Waals surface area contributed by atoms with Crippen LogP contribution in [0, 0.1) is 18.3 Å². The van der Waals surface area contributed by atoms with E-state index in [-0.39, 0.29) is 0 Å². The highest BCUT2D eigenvalue weighted by Crippen LogP contribution is 2.28. The zero-order chi connectivity index (χ0) is 14.7. The summed E-state index contributed by atoms with van der Waals surface area (Å²) in [5.41, 5.74) is 2.33. The van der Waals surface area contributed by atoms with Gasteiger partial charge in [-0.3, -0.25) is 0 Å². The molecule has 0 fully saturated rings. The third kappa shape index (κ3) is 2.73. The first kappa shape index (κ1) is 14.3. The van der Waals surface area contributed by atoms with E-state index in [2.05, 4.69) is 16.0 Å². The summed E-state index contributed by atoms with van der Waals surface area (Å²) < 4.78 is 0. The van der Waals surface area contributed by atoms with Crippen LogP contribution in [0.2, 0.25) is 5.15 Å². The molecular weight excluding hydrogens is 272 g/mol. The number of halogens is 1. The molecule has 0 N–H and O–H groups in total. The van der Waals surface area contributed by atoms with Crippen molar-refractivity contribution in [3.63, 3.8) is 0 Å². The first-order valence-corrected chi connectivity index (χ1v) is 6.71. The first-order valence-electron chi connectivity index (χ1n) is 6.33. The number of nitrogens with zero attached hydrogens (tertiary/aromatic N) is 4. The SMILES string of the molecule is CCc1nc(Cl)c(C)c(N(C)c2cccc(C#N)c2)n1. The Bertz CT molecular complexity index is 676. The van der Waals surface area contributed by atoms with Crippen molar-refractivity contribution in [2.24, 2.45) is 0 Å². The smallest absolute Gasteiger partial charge is 0.140 e. The largest absolute Gasteiger partial charge is 0.329 e. The molecule has 0 amide bonds. The minimum Gasteiger partial charge on any atom is -0.329 e. The van der Waals surface area contributed by atoms with Crippen molar-refractivity contribution >= 4 is 23.1 Å². The third-order valence-corrected chi connectivity index (χ3v) is 3.47. The minimum atomic E-state index is 0.468. The van der Waals surface area contributed by atoms with Gasteiger partial charge in [0.25, 0.3) is 0 Å². The van der Waals surface area contributed by atoms with E-state index in [1.165, 1.54) is 0 Å². The average Bonchev–Trinajstić information content (AvgIpc) is 2.49. The topological polar surface area (TPSA) is 52.8 Å². The number of rotatable bonds is 3. The van der Waals surface area contributed by atoms with Crippen LogP contribution in [0.3, 0.4) is 0 Å². The second kappa shape index (κ2) is 5.89. The Morgan fingerprint density at radius 2 is 2.10 bits per heavy atom. The second-order valence-electron chi connectivity index (χ2n) is 4.45. The van der Waals surface area contributed by atoms with Crippen LogP contribution in [0.5, 0.6) is 0 Å². The van der Waals surface area contributed by atoms with E-state index in [4.69, 9.17) is 16.9 Å². The molecule has 0 spiro atoms. The van der Waals surface area contributed by atoms with Gasteiger partial charge in [0.15, 0.2) is 0 Å². The molecule has 102 valence electrons. The molecule has 1 heterocycles. The molecule has 4 nitrogen and oxygen atoms in total. The van der Waals surface area contributed by atoms with Crippen LogP contribution in [0.25, 0.3) is 0 Å². The van der Waals surface area contributed by atoms with E-state index >= 15 is 0 Å². The lowest BCUT2D eigenvalue weighted by atomic mass is 10.2. The van der Waals surface area contributed by atoms with Crippen LogP contribution in [0.15, 0.2) is 24.3 Å². The summed E-state index contributed by atoms with van der Waals surface area (Å²) in [6.07, 6.45) is 0.721. The molecule has 20 heavy (non-hydrogen) atoms. The van der Waals surface area contributed by atoms with E-state index in [1.54, 1.807) is 6.07 Å². The van der Waals surface area contributed by atoms with Crippen molar-refractivity contribution in [2.45, 2.75) is 20.3 Å². The fourth-order valence-corrected chi connectivity index (χ4v) is 2.09. The molecule has 1 aromatic heterocycles. The predicted molar refractivity (Wildman–Crippen MR) is 80.4 cm³/mol. The van der Waals surface area contributed by atoms with Gasteiger partial charge in [-0.2, -0.15) is 5.26 Å². The van der Waals surface area contributed by atoms with Crippen LogP contribution in [0.4, 0.5) is 11.5 Å². The number of aromatic nitrogens is 2. The predicted octanol–water partition coefficient (Wildman–Crippen LogP) is 3.64. The van der Waals surface area contributed by atoms with E-state index in [9.17, 15) is 0 Å². The number of aryl methyl sites for hydroxylation is 1. The molecular formula is C15H15ClN4. The van der Waals surface area contributed by atoms with Gasteiger partial charge in [-0.05, 0) is 25.1 Å². The van der Waals surface area contributed by atoms with Gasteiger partial charge in [-0.1, -0.05) is 24.6 Å². The Balaban J connectivity index is 2.50. The normalized spacial score (nSPS) is 10.2. The van der Waals surface area contributed by atoms with Crippen molar-refractivity contribution in [2.75, 3.05) is 11.9 Å². The summed E-state index contributed by atoms with van der Waals surface area (Å²) in [4.78, 5) is 10.7. The quantitative estimate of drug-likeness (QED) is 0.808. The molecule has 1 aromatic carbocycles. The van der Waals surface area contributed by atoms with Crippen molar-refractivity contribution < 1.29 is 0 Å². The maximum atomic E-state index is 8.98. The summed E-state index contributed by atoms with van der Waals surface area (Å²) >= 11 is 6.16. The number of benzene rings is 1. The Morgan fingerprint density at radius 3 is 2.75 bits per heavy atom. The summed E-state index contributed by atoms with van der Waals surface area (Å²) in [5, 5.41) is 9.45. The minimum absolute atomic E-state index is 0.468. The molecule has 0 aliphatic rings. The van der Waals surface area contributed by atoms with Crippen LogP contribution < -0.4 is 4.90 Å². The van der Waals surface area contributed by atoms with Gasteiger partial charge in [0.2, 0.25) is 0 Å². The fraction of sp³-hybridized carbons (Fsp3) is 0.267. The van der Waals surface area contributed by atoms with Gasteiger partial charge in [0.05, 0.1) is 11.6 Å². The molecule has 0 unspecified atom stereocenters. The zero-order valence-electron chi connectivity index (χ0n) is 11.7. The molecule has 0 saturated heterocycles. The van der Waals surface area contributed by atoms with E-state index in [1.807, 2.05) is 44.0 Å². The number of anilines is 2. The summed E-state index contributed by atoms with van der Waals surface area (Å²) in [5.74, 6) is 1.47. The van der Waals surface area contributed by atoms with Crippen LogP contribution in [0.1, 0.15) is 23.9 Å². The van der Waals surface area contributed by atoms with Crippen molar-refractivity contribution in [1.29, 1.82) is 5.26 Å². The lowest BCUT2D eigenvalue weighted by Gasteiger charge is -2.21.